The van der Waals surface area contributed by atoms with Gasteiger partial charge in [-0.25, -0.2) is 0 Å². The summed E-state index contributed by atoms with van der Waals surface area (Å²) in [4.78, 5) is 5.44. The Balaban J connectivity index is 1.86. The van der Waals surface area contributed by atoms with Crippen molar-refractivity contribution >= 4 is 17.2 Å². The largest absolute Gasteiger partial charge is 0.392 e. The van der Waals surface area contributed by atoms with E-state index >= 15 is 0 Å². The van der Waals surface area contributed by atoms with Crippen LogP contribution in [-0.2, 0) is 6.54 Å². The van der Waals surface area contributed by atoms with E-state index in [9.17, 15) is 0 Å². The minimum Gasteiger partial charge on any atom is -0.392 e. The first kappa shape index (κ1) is 14.4. The summed E-state index contributed by atoms with van der Waals surface area (Å²) < 4.78 is 0. The number of thiocarbonyl (C=S) groups is 1. The summed E-state index contributed by atoms with van der Waals surface area (Å²) in [5.74, 6) is 0. The fourth-order valence-electron chi connectivity index (χ4n) is 2.74. The molecule has 104 valence electrons. The lowest BCUT2D eigenvalue weighted by molar-refractivity contribution is 0.140. The monoisotopic (exact) mass is 277 g/mol. The number of aryl methyl sites for hydroxylation is 2. The summed E-state index contributed by atoms with van der Waals surface area (Å²) in [6.45, 7) is 10.4. The molecule has 0 bridgehead atoms. The van der Waals surface area contributed by atoms with E-state index in [0.29, 0.717) is 4.99 Å². The Morgan fingerprint density at radius 2 is 1.58 bits per heavy atom. The average molecular weight is 277 g/mol. The lowest BCUT2D eigenvalue weighted by Crippen LogP contribution is -2.48. The highest BCUT2D eigenvalue weighted by molar-refractivity contribution is 7.80. The molecule has 1 aromatic rings. The van der Waals surface area contributed by atoms with E-state index in [0.717, 1.165) is 39.3 Å². The summed E-state index contributed by atoms with van der Waals surface area (Å²) in [7, 11) is 0. The molecule has 1 aliphatic heterocycles. The fraction of sp³-hybridized carbons (Fsp3) is 0.533. The highest BCUT2D eigenvalue weighted by Gasteiger charge is 2.17. The molecule has 0 atom stereocenters. The number of benzene rings is 1. The van der Waals surface area contributed by atoms with Crippen molar-refractivity contribution in [2.24, 2.45) is 5.73 Å². The Bertz CT molecular complexity index is 430. The van der Waals surface area contributed by atoms with Crippen LogP contribution in [0.4, 0.5) is 0 Å². The Labute approximate surface area is 121 Å². The predicted molar refractivity (Wildman–Crippen MR) is 84.4 cm³/mol. The maximum atomic E-state index is 5.59. The third-order valence-electron chi connectivity index (χ3n) is 3.53. The van der Waals surface area contributed by atoms with Gasteiger partial charge in [0, 0.05) is 39.3 Å². The summed E-state index contributed by atoms with van der Waals surface area (Å²) in [6, 6.07) is 6.80. The van der Waals surface area contributed by atoms with Crippen LogP contribution in [0, 0.1) is 13.8 Å². The first-order valence-electron chi connectivity index (χ1n) is 6.83. The van der Waals surface area contributed by atoms with Crippen molar-refractivity contribution in [3.63, 3.8) is 0 Å². The number of nitrogens with zero attached hydrogens (tertiary/aromatic N) is 2. The van der Waals surface area contributed by atoms with Crippen LogP contribution in [0.3, 0.4) is 0 Å². The van der Waals surface area contributed by atoms with Crippen LogP contribution in [0.25, 0.3) is 0 Å². The van der Waals surface area contributed by atoms with Crippen LogP contribution in [0.2, 0.25) is 0 Å². The number of hydrogen-bond donors (Lipinski definition) is 1. The molecule has 0 aromatic heterocycles. The van der Waals surface area contributed by atoms with E-state index in [2.05, 4.69) is 41.8 Å². The molecule has 0 aliphatic carbocycles. The lowest BCUT2D eigenvalue weighted by atomic mass is 10.1. The maximum absolute atomic E-state index is 5.59. The van der Waals surface area contributed by atoms with Gasteiger partial charge in [-0.05, 0) is 19.4 Å². The van der Waals surface area contributed by atoms with Gasteiger partial charge in [0.15, 0.2) is 0 Å². The molecule has 3 nitrogen and oxygen atoms in total. The zero-order valence-corrected chi connectivity index (χ0v) is 12.7. The van der Waals surface area contributed by atoms with E-state index in [1.807, 2.05) is 0 Å². The molecule has 1 heterocycles. The van der Waals surface area contributed by atoms with Gasteiger partial charge >= 0.3 is 0 Å². The summed E-state index contributed by atoms with van der Waals surface area (Å²) >= 11 is 4.96. The molecular formula is C15H23N3S. The smallest absolute Gasteiger partial charge is 0.0870 e. The Morgan fingerprint density at radius 1 is 1.05 bits per heavy atom. The number of rotatable bonds is 4. The van der Waals surface area contributed by atoms with Crippen LogP contribution >= 0.6 is 12.2 Å². The SMILES string of the molecule is Cc1cc(C)cc(CN2CCN(CC(N)=S)CC2)c1. The van der Waals surface area contributed by atoms with Crippen LogP contribution in [0.1, 0.15) is 16.7 Å². The quantitative estimate of drug-likeness (QED) is 0.849. The van der Waals surface area contributed by atoms with E-state index in [-0.39, 0.29) is 0 Å². The molecule has 2 rings (SSSR count). The predicted octanol–water partition coefficient (Wildman–Crippen LogP) is 1.71. The van der Waals surface area contributed by atoms with Crippen LogP contribution in [-0.4, -0.2) is 47.5 Å². The van der Waals surface area contributed by atoms with E-state index < -0.39 is 0 Å². The molecule has 0 unspecified atom stereocenters. The lowest BCUT2D eigenvalue weighted by Gasteiger charge is -2.34. The number of nitrogens with two attached hydrogens (primary N) is 1. The normalized spacial score (nSPS) is 17.6. The Kier molecular flexibility index (Phi) is 4.91. The molecular weight excluding hydrogens is 254 g/mol. The van der Waals surface area contributed by atoms with Gasteiger partial charge in [0.25, 0.3) is 0 Å². The standard InChI is InChI=1S/C15H23N3S/c1-12-7-13(2)9-14(8-12)10-17-3-5-18(6-4-17)11-15(16)19/h7-9H,3-6,10-11H2,1-2H3,(H2,16,19). The van der Waals surface area contributed by atoms with Gasteiger partial charge in [-0.1, -0.05) is 41.5 Å². The van der Waals surface area contributed by atoms with Crippen LogP contribution in [0.15, 0.2) is 18.2 Å². The van der Waals surface area contributed by atoms with Crippen molar-refractivity contribution in [2.45, 2.75) is 20.4 Å². The van der Waals surface area contributed by atoms with Gasteiger partial charge in [-0.15, -0.1) is 0 Å². The second kappa shape index (κ2) is 6.46. The molecule has 1 fully saturated rings. The molecule has 19 heavy (non-hydrogen) atoms. The highest BCUT2D eigenvalue weighted by atomic mass is 32.1. The van der Waals surface area contributed by atoms with Gasteiger partial charge in [-0.3, -0.25) is 9.80 Å². The zero-order valence-electron chi connectivity index (χ0n) is 11.9. The van der Waals surface area contributed by atoms with Gasteiger partial charge in [0.05, 0.1) is 4.99 Å². The third-order valence-corrected chi connectivity index (χ3v) is 3.66. The van der Waals surface area contributed by atoms with Gasteiger partial charge in [-0.2, -0.15) is 0 Å². The van der Waals surface area contributed by atoms with E-state index in [1.54, 1.807) is 0 Å². The van der Waals surface area contributed by atoms with Crippen molar-refractivity contribution < 1.29 is 0 Å². The van der Waals surface area contributed by atoms with Crippen molar-refractivity contribution in [3.05, 3.63) is 34.9 Å². The molecule has 1 saturated heterocycles. The van der Waals surface area contributed by atoms with Gasteiger partial charge in [0.2, 0.25) is 0 Å². The minimum atomic E-state index is 0.600. The van der Waals surface area contributed by atoms with Gasteiger partial charge < -0.3 is 5.73 Å². The zero-order chi connectivity index (χ0) is 13.8. The maximum Gasteiger partial charge on any atom is 0.0870 e. The van der Waals surface area contributed by atoms with Crippen molar-refractivity contribution in [1.82, 2.24) is 9.80 Å². The van der Waals surface area contributed by atoms with Crippen LogP contribution in [0.5, 0.6) is 0 Å². The third kappa shape index (κ3) is 4.56. The molecule has 2 N–H and O–H groups in total. The Hall–Kier alpha value is -0.970. The number of piperazine rings is 1. The molecule has 0 saturated carbocycles. The highest BCUT2D eigenvalue weighted by Crippen LogP contribution is 2.13. The minimum absolute atomic E-state index is 0.600. The number of hydrogen-bond acceptors (Lipinski definition) is 3. The first-order valence-corrected chi connectivity index (χ1v) is 7.24. The summed E-state index contributed by atoms with van der Waals surface area (Å²) in [5.41, 5.74) is 9.71. The van der Waals surface area contributed by atoms with Crippen molar-refractivity contribution in [2.75, 3.05) is 32.7 Å². The summed E-state index contributed by atoms with van der Waals surface area (Å²) in [5, 5.41) is 0. The average Bonchev–Trinajstić information content (AvgIpc) is 2.29. The van der Waals surface area contributed by atoms with Crippen molar-refractivity contribution in [3.8, 4) is 0 Å². The second-order valence-corrected chi connectivity index (χ2v) is 6.04. The topological polar surface area (TPSA) is 32.5 Å². The van der Waals surface area contributed by atoms with Crippen LogP contribution < -0.4 is 5.73 Å². The molecule has 1 aromatic carbocycles. The fourth-order valence-corrected chi connectivity index (χ4v) is 2.93. The van der Waals surface area contributed by atoms with E-state index in [4.69, 9.17) is 18.0 Å². The first-order chi connectivity index (χ1) is 9.02. The molecule has 4 heteroatoms. The second-order valence-electron chi connectivity index (χ2n) is 5.51. The molecule has 0 amide bonds. The molecule has 1 aliphatic rings. The molecule has 0 radical (unpaired) electrons. The van der Waals surface area contributed by atoms with Crippen molar-refractivity contribution in [1.29, 1.82) is 0 Å². The Morgan fingerprint density at radius 3 is 2.11 bits per heavy atom. The van der Waals surface area contributed by atoms with E-state index in [1.165, 1.54) is 16.7 Å². The molecule has 0 spiro atoms. The van der Waals surface area contributed by atoms with Gasteiger partial charge in [0.1, 0.15) is 0 Å². The summed E-state index contributed by atoms with van der Waals surface area (Å²) in [6.07, 6.45) is 0.